The van der Waals surface area contributed by atoms with Gasteiger partial charge in [-0.25, -0.2) is 0 Å². The number of hydrogen-bond donors (Lipinski definition) is 2. The van der Waals surface area contributed by atoms with Gasteiger partial charge in [0, 0.05) is 6.07 Å². The Kier molecular flexibility index (Phi) is 4.48. The van der Waals surface area contributed by atoms with Gasteiger partial charge in [0.2, 0.25) is 5.88 Å². The Balaban J connectivity index is 1.91. The molecule has 1 aliphatic carbocycles. The van der Waals surface area contributed by atoms with E-state index < -0.39 is 7.12 Å². The first-order valence-electron chi connectivity index (χ1n) is 6.51. The topological polar surface area (TPSA) is 75.5 Å². The van der Waals surface area contributed by atoms with E-state index in [-0.39, 0.29) is 27.1 Å². The van der Waals surface area contributed by atoms with Gasteiger partial charge >= 0.3 is 7.12 Å². The first-order valence-corrected chi connectivity index (χ1v) is 7.65. The van der Waals surface area contributed by atoms with Crippen molar-refractivity contribution in [3.05, 3.63) is 39.0 Å². The van der Waals surface area contributed by atoms with E-state index in [1.54, 1.807) is 6.07 Å². The van der Waals surface area contributed by atoms with Crippen LogP contribution < -0.4 is 10.2 Å². The van der Waals surface area contributed by atoms with Crippen LogP contribution in [0.2, 0.25) is 15.2 Å². The molecule has 1 aliphatic rings. The van der Waals surface area contributed by atoms with Crippen LogP contribution in [0.25, 0.3) is 0 Å². The third-order valence-corrected chi connectivity index (χ3v) is 4.15. The van der Waals surface area contributed by atoms with Crippen LogP contribution in [-0.4, -0.2) is 27.4 Å². The second-order valence-corrected chi connectivity index (χ2v) is 6.16. The quantitative estimate of drug-likeness (QED) is 0.821. The molecular formula is C13H10BCl3N2O3. The SMILES string of the molecule is OB(O)c1cc(Cl)c(Oc2cc(C3CC3)c(Cl)nn2)c(Cl)c1. The number of ether oxygens (including phenoxy) is 1. The highest BCUT2D eigenvalue weighted by molar-refractivity contribution is 6.59. The Hall–Kier alpha value is -1.05. The van der Waals surface area contributed by atoms with Crippen LogP contribution in [-0.2, 0) is 0 Å². The van der Waals surface area contributed by atoms with Crippen molar-refractivity contribution in [1.82, 2.24) is 10.2 Å². The van der Waals surface area contributed by atoms with Crippen molar-refractivity contribution in [3.63, 3.8) is 0 Å². The maximum atomic E-state index is 9.15. The normalized spacial score (nSPS) is 14.0. The molecule has 1 aromatic heterocycles. The molecule has 2 aromatic rings. The molecule has 1 aromatic carbocycles. The van der Waals surface area contributed by atoms with Gasteiger partial charge < -0.3 is 14.8 Å². The monoisotopic (exact) mass is 358 g/mol. The average molecular weight is 359 g/mol. The summed E-state index contributed by atoms with van der Waals surface area (Å²) in [6, 6.07) is 4.44. The lowest BCUT2D eigenvalue weighted by atomic mass is 9.80. The van der Waals surface area contributed by atoms with E-state index in [9.17, 15) is 0 Å². The zero-order valence-corrected chi connectivity index (χ0v) is 13.4. The summed E-state index contributed by atoms with van der Waals surface area (Å²) < 4.78 is 5.59. The molecule has 0 spiro atoms. The summed E-state index contributed by atoms with van der Waals surface area (Å²) in [5.74, 6) is 0.793. The number of benzene rings is 1. The van der Waals surface area contributed by atoms with Gasteiger partial charge in [0.15, 0.2) is 10.9 Å². The van der Waals surface area contributed by atoms with Crippen LogP contribution in [0.3, 0.4) is 0 Å². The second kappa shape index (κ2) is 6.22. The molecule has 0 aliphatic heterocycles. The van der Waals surface area contributed by atoms with Crippen LogP contribution in [0.5, 0.6) is 11.6 Å². The second-order valence-electron chi connectivity index (χ2n) is 4.99. The predicted octanol–water partition coefficient (Wildman–Crippen LogP) is 2.79. The largest absolute Gasteiger partial charge is 0.488 e. The van der Waals surface area contributed by atoms with E-state index in [1.807, 2.05) is 0 Å². The fourth-order valence-corrected chi connectivity index (χ4v) is 2.86. The molecule has 2 N–H and O–H groups in total. The van der Waals surface area contributed by atoms with Crippen molar-refractivity contribution in [1.29, 1.82) is 0 Å². The van der Waals surface area contributed by atoms with E-state index in [0.717, 1.165) is 18.4 Å². The molecule has 1 heterocycles. The summed E-state index contributed by atoms with van der Waals surface area (Å²) in [4.78, 5) is 0. The molecule has 3 rings (SSSR count). The molecule has 0 saturated heterocycles. The Labute approximate surface area is 141 Å². The van der Waals surface area contributed by atoms with Gasteiger partial charge in [-0.2, -0.15) is 0 Å². The van der Waals surface area contributed by atoms with Crippen molar-refractivity contribution in [3.8, 4) is 11.6 Å². The zero-order valence-electron chi connectivity index (χ0n) is 11.1. The van der Waals surface area contributed by atoms with Gasteiger partial charge in [0.05, 0.1) is 10.0 Å². The van der Waals surface area contributed by atoms with Crippen molar-refractivity contribution in [2.75, 3.05) is 0 Å². The average Bonchev–Trinajstić information content (AvgIpc) is 3.28. The van der Waals surface area contributed by atoms with E-state index in [0.29, 0.717) is 11.1 Å². The fraction of sp³-hybridized carbons (Fsp3) is 0.231. The summed E-state index contributed by atoms with van der Waals surface area (Å²) >= 11 is 18.2. The Morgan fingerprint density at radius 3 is 2.23 bits per heavy atom. The maximum absolute atomic E-state index is 9.15. The minimum absolute atomic E-state index is 0.139. The maximum Gasteiger partial charge on any atom is 0.488 e. The summed E-state index contributed by atoms with van der Waals surface area (Å²) in [7, 11) is -1.67. The lowest BCUT2D eigenvalue weighted by molar-refractivity contribution is 0.425. The minimum atomic E-state index is -1.67. The molecular weight excluding hydrogens is 349 g/mol. The molecule has 114 valence electrons. The molecule has 0 atom stereocenters. The Morgan fingerprint density at radius 2 is 1.68 bits per heavy atom. The number of rotatable bonds is 4. The highest BCUT2D eigenvalue weighted by atomic mass is 35.5. The van der Waals surface area contributed by atoms with Crippen molar-refractivity contribution >= 4 is 47.4 Å². The van der Waals surface area contributed by atoms with Crippen LogP contribution in [0, 0.1) is 0 Å². The summed E-state index contributed by atoms with van der Waals surface area (Å²) in [5, 5.41) is 26.7. The summed E-state index contributed by atoms with van der Waals surface area (Å²) in [6.07, 6.45) is 2.13. The van der Waals surface area contributed by atoms with Gasteiger partial charge in [-0.05, 0) is 41.9 Å². The van der Waals surface area contributed by atoms with Gasteiger partial charge in [-0.3, -0.25) is 0 Å². The van der Waals surface area contributed by atoms with E-state index in [4.69, 9.17) is 49.6 Å². The first-order chi connectivity index (χ1) is 10.5. The van der Waals surface area contributed by atoms with Crippen LogP contribution in [0.4, 0.5) is 0 Å². The van der Waals surface area contributed by atoms with E-state index >= 15 is 0 Å². The third kappa shape index (κ3) is 3.31. The van der Waals surface area contributed by atoms with Gasteiger partial charge in [0.1, 0.15) is 0 Å². The van der Waals surface area contributed by atoms with Crippen molar-refractivity contribution < 1.29 is 14.8 Å². The molecule has 22 heavy (non-hydrogen) atoms. The summed E-state index contributed by atoms with van der Waals surface area (Å²) in [5.41, 5.74) is 1.06. The number of halogens is 3. The van der Waals surface area contributed by atoms with Crippen molar-refractivity contribution in [2.45, 2.75) is 18.8 Å². The molecule has 0 radical (unpaired) electrons. The van der Waals surface area contributed by atoms with E-state index in [1.165, 1.54) is 12.1 Å². The number of nitrogens with zero attached hydrogens (tertiary/aromatic N) is 2. The zero-order chi connectivity index (χ0) is 15.9. The number of hydrogen-bond acceptors (Lipinski definition) is 5. The minimum Gasteiger partial charge on any atom is -0.434 e. The smallest absolute Gasteiger partial charge is 0.434 e. The molecule has 0 unspecified atom stereocenters. The molecule has 9 heteroatoms. The van der Waals surface area contributed by atoms with Crippen LogP contribution in [0.15, 0.2) is 18.2 Å². The van der Waals surface area contributed by atoms with Crippen LogP contribution in [0.1, 0.15) is 24.3 Å². The lowest BCUT2D eigenvalue weighted by Crippen LogP contribution is -2.29. The molecule has 1 saturated carbocycles. The number of aromatic nitrogens is 2. The van der Waals surface area contributed by atoms with Crippen LogP contribution >= 0.6 is 34.8 Å². The van der Waals surface area contributed by atoms with Gasteiger partial charge in [0.25, 0.3) is 0 Å². The van der Waals surface area contributed by atoms with E-state index in [2.05, 4.69) is 10.2 Å². The van der Waals surface area contributed by atoms with Gasteiger partial charge in [-0.1, -0.05) is 34.8 Å². The van der Waals surface area contributed by atoms with Crippen molar-refractivity contribution in [2.24, 2.45) is 0 Å². The lowest BCUT2D eigenvalue weighted by Gasteiger charge is -2.11. The summed E-state index contributed by atoms with van der Waals surface area (Å²) in [6.45, 7) is 0. The fourth-order valence-electron chi connectivity index (χ4n) is 2.03. The van der Waals surface area contributed by atoms with Gasteiger partial charge in [-0.15, -0.1) is 10.2 Å². The molecule has 1 fully saturated rings. The first kappa shape index (κ1) is 15.8. The highest BCUT2D eigenvalue weighted by Gasteiger charge is 2.27. The predicted molar refractivity (Wildman–Crippen MR) is 85.4 cm³/mol. The molecule has 5 nitrogen and oxygen atoms in total. The Morgan fingerprint density at radius 1 is 1.05 bits per heavy atom. The Bertz CT molecular complexity index is 703. The molecule has 0 amide bonds. The molecule has 0 bridgehead atoms. The third-order valence-electron chi connectivity index (χ3n) is 3.30. The standard InChI is InChI=1S/C13H10BCl3N2O3/c15-9-3-7(14(20)21)4-10(16)12(9)22-11-5-8(6-1-2-6)13(17)19-18-11/h3-6,20-21H,1-2H2. The highest BCUT2D eigenvalue weighted by Crippen LogP contribution is 2.44.